The van der Waals surface area contributed by atoms with E-state index < -0.39 is 0 Å². The number of likely N-dealkylation sites (N-methyl/N-ethyl adjacent to an activating group) is 1. The van der Waals surface area contributed by atoms with Gasteiger partial charge in [0.15, 0.2) is 5.82 Å². The molecule has 1 aliphatic carbocycles. The number of rotatable bonds is 6. The molecule has 0 aromatic carbocycles. The van der Waals surface area contributed by atoms with E-state index in [4.69, 9.17) is 0 Å². The highest BCUT2D eigenvalue weighted by Gasteiger charge is 2.25. The fourth-order valence-corrected chi connectivity index (χ4v) is 1.80. The average molecular weight is 250 g/mol. The van der Waals surface area contributed by atoms with Crippen molar-refractivity contribution >= 4 is 5.82 Å². The summed E-state index contributed by atoms with van der Waals surface area (Å²) in [7, 11) is 2.08. The summed E-state index contributed by atoms with van der Waals surface area (Å²) in [5.74, 6) is 0.474. The normalized spacial score (nSPS) is 15.4. The third-order valence-corrected chi connectivity index (χ3v) is 3.45. The Bertz CT molecular complexity index is 451. The molecule has 1 aromatic heterocycles. The van der Waals surface area contributed by atoms with Crippen molar-refractivity contribution < 1.29 is 0 Å². The second-order valence-electron chi connectivity index (χ2n) is 5.22. The monoisotopic (exact) mass is 250 g/mol. The van der Waals surface area contributed by atoms with Crippen LogP contribution in [0.4, 0.5) is 5.82 Å². The van der Waals surface area contributed by atoms with Crippen LogP contribution in [0.5, 0.6) is 0 Å². The molecule has 0 aliphatic heterocycles. The van der Waals surface area contributed by atoms with Gasteiger partial charge in [0.25, 0.3) is 5.56 Å². The van der Waals surface area contributed by atoms with Crippen molar-refractivity contribution in [3.05, 3.63) is 22.7 Å². The molecule has 1 fully saturated rings. The highest BCUT2D eigenvalue weighted by Crippen LogP contribution is 2.33. The van der Waals surface area contributed by atoms with Crippen molar-refractivity contribution in [1.82, 2.24) is 14.5 Å². The molecule has 18 heavy (non-hydrogen) atoms. The molecular formula is C13H22N4O. The minimum atomic E-state index is 0.00667. The van der Waals surface area contributed by atoms with E-state index in [0.717, 1.165) is 25.9 Å². The summed E-state index contributed by atoms with van der Waals surface area (Å²) >= 11 is 0. The van der Waals surface area contributed by atoms with Crippen molar-refractivity contribution in [3.8, 4) is 0 Å². The molecule has 1 N–H and O–H groups in total. The van der Waals surface area contributed by atoms with Gasteiger partial charge in [-0.05, 0) is 33.7 Å². The quantitative estimate of drug-likeness (QED) is 0.827. The van der Waals surface area contributed by atoms with Gasteiger partial charge in [-0.15, -0.1) is 0 Å². The van der Waals surface area contributed by atoms with Crippen LogP contribution in [0.2, 0.25) is 0 Å². The average Bonchev–Trinajstić information content (AvgIpc) is 3.15. The molecule has 1 aliphatic rings. The van der Waals surface area contributed by atoms with E-state index in [9.17, 15) is 4.79 Å². The molecule has 1 aromatic rings. The summed E-state index contributed by atoms with van der Waals surface area (Å²) in [6.07, 6.45) is 5.71. The van der Waals surface area contributed by atoms with Crippen LogP contribution in [0.3, 0.4) is 0 Å². The van der Waals surface area contributed by atoms with E-state index in [1.165, 1.54) is 0 Å². The number of anilines is 1. The molecule has 0 bridgehead atoms. The van der Waals surface area contributed by atoms with Crippen molar-refractivity contribution in [2.75, 3.05) is 25.5 Å². The number of hydrogen-bond donors (Lipinski definition) is 1. The molecule has 0 unspecified atom stereocenters. The Kier molecular flexibility index (Phi) is 4.01. The zero-order valence-electron chi connectivity index (χ0n) is 11.4. The second kappa shape index (κ2) is 5.52. The van der Waals surface area contributed by atoms with Crippen molar-refractivity contribution in [2.24, 2.45) is 0 Å². The lowest BCUT2D eigenvalue weighted by Gasteiger charge is -2.21. The molecule has 100 valence electrons. The highest BCUT2D eigenvalue weighted by molar-refractivity contribution is 5.31. The number of nitrogens with zero attached hydrogens (tertiary/aromatic N) is 3. The zero-order chi connectivity index (χ0) is 13.1. The molecule has 1 heterocycles. The van der Waals surface area contributed by atoms with Gasteiger partial charge in [0, 0.05) is 37.6 Å². The number of aromatic nitrogens is 2. The van der Waals surface area contributed by atoms with E-state index in [0.29, 0.717) is 17.9 Å². The van der Waals surface area contributed by atoms with Gasteiger partial charge in [0.2, 0.25) is 0 Å². The summed E-state index contributed by atoms with van der Waals surface area (Å²) in [4.78, 5) is 18.4. The van der Waals surface area contributed by atoms with Crippen LogP contribution < -0.4 is 10.9 Å². The Balaban J connectivity index is 1.93. The first-order valence-corrected chi connectivity index (χ1v) is 6.61. The van der Waals surface area contributed by atoms with Gasteiger partial charge in [0.05, 0.1) is 0 Å². The molecule has 2 rings (SSSR count). The number of hydrogen-bond acceptors (Lipinski definition) is 4. The number of nitrogens with one attached hydrogen (secondary N) is 1. The lowest BCUT2D eigenvalue weighted by atomic mass is 10.3. The Labute approximate surface area is 108 Å². The Morgan fingerprint density at radius 1 is 1.56 bits per heavy atom. The fraction of sp³-hybridized carbons (Fsp3) is 0.692. The van der Waals surface area contributed by atoms with Crippen LogP contribution in [-0.4, -0.2) is 40.6 Å². The minimum Gasteiger partial charge on any atom is -0.364 e. The molecule has 0 amide bonds. The molecule has 0 spiro atoms. The lowest BCUT2D eigenvalue weighted by Crippen LogP contribution is -2.32. The molecule has 5 nitrogen and oxygen atoms in total. The highest BCUT2D eigenvalue weighted by atomic mass is 16.1. The van der Waals surface area contributed by atoms with Crippen LogP contribution in [-0.2, 0) is 0 Å². The fourth-order valence-electron chi connectivity index (χ4n) is 1.80. The smallest absolute Gasteiger partial charge is 0.293 e. The molecule has 0 atom stereocenters. The first-order chi connectivity index (χ1) is 8.59. The first kappa shape index (κ1) is 13.1. The van der Waals surface area contributed by atoms with Gasteiger partial charge >= 0.3 is 0 Å². The Morgan fingerprint density at radius 2 is 2.28 bits per heavy atom. The van der Waals surface area contributed by atoms with Gasteiger partial charge in [-0.2, -0.15) is 0 Å². The van der Waals surface area contributed by atoms with Crippen LogP contribution in [0, 0.1) is 0 Å². The third kappa shape index (κ3) is 3.10. The summed E-state index contributed by atoms with van der Waals surface area (Å²) < 4.78 is 1.79. The van der Waals surface area contributed by atoms with Crippen molar-refractivity contribution in [1.29, 1.82) is 0 Å². The summed E-state index contributed by atoms with van der Waals surface area (Å²) in [6, 6.07) is 0.915. The maximum Gasteiger partial charge on any atom is 0.293 e. The largest absolute Gasteiger partial charge is 0.364 e. The Hall–Kier alpha value is -1.36. The minimum absolute atomic E-state index is 0.00667. The van der Waals surface area contributed by atoms with Crippen LogP contribution in [0.25, 0.3) is 0 Å². The molecule has 1 saturated carbocycles. The molecular weight excluding hydrogens is 228 g/mol. The van der Waals surface area contributed by atoms with Crippen molar-refractivity contribution in [3.63, 3.8) is 0 Å². The maximum atomic E-state index is 12.1. The molecule has 5 heteroatoms. The van der Waals surface area contributed by atoms with E-state index in [1.54, 1.807) is 17.0 Å². The summed E-state index contributed by atoms with van der Waals surface area (Å²) in [5.41, 5.74) is 0.00667. The van der Waals surface area contributed by atoms with Crippen LogP contribution >= 0.6 is 0 Å². The van der Waals surface area contributed by atoms with Gasteiger partial charge < -0.3 is 14.8 Å². The third-order valence-electron chi connectivity index (χ3n) is 3.45. The maximum absolute atomic E-state index is 12.1. The van der Waals surface area contributed by atoms with Gasteiger partial charge in [0.1, 0.15) is 0 Å². The predicted octanol–water partition coefficient (Wildman–Crippen LogP) is 1.33. The predicted molar refractivity (Wildman–Crippen MR) is 73.0 cm³/mol. The topological polar surface area (TPSA) is 50.2 Å². The SMILES string of the molecule is CC(C)N(C)CCNc1nccn(C2CC2)c1=O. The lowest BCUT2D eigenvalue weighted by molar-refractivity contribution is 0.284. The van der Waals surface area contributed by atoms with Gasteiger partial charge in [-0.1, -0.05) is 0 Å². The molecule has 0 saturated heterocycles. The summed E-state index contributed by atoms with van der Waals surface area (Å²) in [6.45, 7) is 5.95. The van der Waals surface area contributed by atoms with Gasteiger partial charge in [-0.25, -0.2) is 4.98 Å². The summed E-state index contributed by atoms with van der Waals surface area (Å²) in [5, 5.41) is 3.14. The standard InChI is InChI=1S/C13H22N4O/c1-10(2)16(3)8-6-14-12-13(18)17(9-7-15-12)11-4-5-11/h7,9-11H,4-6,8H2,1-3H3,(H,14,15). The van der Waals surface area contributed by atoms with E-state index in [2.05, 4.69) is 36.1 Å². The van der Waals surface area contributed by atoms with E-state index in [-0.39, 0.29) is 5.56 Å². The van der Waals surface area contributed by atoms with E-state index in [1.807, 2.05) is 0 Å². The Morgan fingerprint density at radius 3 is 2.89 bits per heavy atom. The first-order valence-electron chi connectivity index (χ1n) is 6.61. The van der Waals surface area contributed by atoms with Gasteiger partial charge in [-0.3, -0.25) is 4.79 Å². The second-order valence-corrected chi connectivity index (χ2v) is 5.22. The zero-order valence-corrected chi connectivity index (χ0v) is 11.4. The van der Waals surface area contributed by atoms with Crippen LogP contribution in [0.1, 0.15) is 32.7 Å². The van der Waals surface area contributed by atoms with Crippen molar-refractivity contribution in [2.45, 2.75) is 38.8 Å². The van der Waals surface area contributed by atoms with E-state index >= 15 is 0 Å². The molecule has 0 radical (unpaired) electrons. The van der Waals surface area contributed by atoms with Crippen LogP contribution in [0.15, 0.2) is 17.2 Å².